The van der Waals surface area contributed by atoms with Gasteiger partial charge in [0.05, 0.1) is 9.82 Å². The highest BCUT2D eigenvalue weighted by Gasteiger charge is 2.18. The average Bonchev–Trinajstić information content (AvgIpc) is 2.36. The minimum Gasteiger partial charge on any atom is -0.481 e. The van der Waals surface area contributed by atoms with E-state index in [1.54, 1.807) is 0 Å². The Morgan fingerprint density at radius 1 is 1.38 bits per heavy atom. The molecule has 0 aliphatic rings. The molecule has 0 atom stereocenters. The minimum absolute atomic E-state index is 0.0220. The predicted octanol–water partition coefficient (Wildman–Crippen LogP) is 0.909. The summed E-state index contributed by atoms with van der Waals surface area (Å²) in [4.78, 5) is 20.2. The molecule has 9 nitrogen and oxygen atoms in total. The normalized spacial score (nSPS) is 11.1. The molecular weight excluding hydrogens is 302 g/mol. The van der Waals surface area contributed by atoms with Crippen LogP contribution in [0.3, 0.4) is 0 Å². The van der Waals surface area contributed by atoms with Crippen molar-refractivity contribution in [2.24, 2.45) is 5.14 Å². The minimum atomic E-state index is -4.01. The maximum absolute atomic E-state index is 11.2. The van der Waals surface area contributed by atoms with Crippen LogP contribution < -0.4 is 10.5 Å². The molecule has 10 heteroatoms. The van der Waals surface area contributed by atoms with Crippen LogP contribution in [0.1, 0.15) is 19.3 Å². The third kappa shape index (κ3) is 5.36. The van der Waals surface area contributed by atoms with E-state index in [1.807, 2.05) is 0 Å². The summed E-state index contributed by atoms with van der Waals surface area (Å²) in [5.74, 6) is -0.904. The fraction of sp³-hybridized carbons (Fsp3) is 0.364. The van der Waals surface area contributed by atoms with Gasteiger partial charge in [-0.05, 0) is 25.0 Å². The molecule has 1 aromatic carbocycles. The summed E-state index contributed by atoms with van der Waals surface area (Å²) in [5.41, 5.74) is -0.248. The summed E-state index contributed by atoms with van der Waals surface area (Å²) in [6.07, 6.45) is 0.972. The van der Waals surface area contributed by atoms with Gasteiger partial charge in [-0.2, -0.15) is 0 Å². The lowest BCUT2D eigenvalue weighted by atomic mass is 10.2. The van der Waals surface area contributed by atoms with Crippen molar-refractivity contribution < 1.29 is 23.2 Å². The van der Waals surface area contributed by atoms with Crippen LogP contribution in [0.2, 0.25) is 0 Å². The Bertz CT molecular complexity index is 643. The van der Waals surface area contributed by atoms with E-state index in [4.69, 9.17) is 10.2 Å². The van der Waals surface area contributed by atoms with Gasteiger partial charge in [0.1, 0.15) is 5.69 Å². The molecule has 1 aromatic rings. The second-order valence-electron chi connectivity index (χ2n) is 4.26. The molecule has 4 N–H and O–H groups in total. The molecule has 0 radical (unpaired) electrons. The zero-order valence-corrected chi connectivity index (χ0v) is 11.8. The number of carboxylic acid groups (broad SMARTS) is 1. The van der Waals surface area contributed by atoms with Crippen molar-refractivity contribution in [3.05, 3.63) is 28.3 Å². The highest BCUT2D eigenvalue weighted by Crippen LogP contribution is 2.27. The number of nitrogens with two attached hydrogens (primary N) is 1. The molecule has 0 bridgehead atoms. The average molecular weight is 317 g/mol. The molecule has 0 aliphatic carbocycles. The monoisotopic (exact) mass is 317 g/mol. The molecular formula is C11H15N3O6S. The molecule has 116 valence electrons. The van der Waals surface area contributed by atoms with Gasteiger partial charge < -0.3 is 10.4 Å². The number of nitrogens with one attached hydrogen (secondary N) is 1. The number of nitro groups is 1. The number of carboxylic acids is 1. The van der Waals surface area contributed by atoms with Crippen LogP contribution in [0.25, 0.3) is 0 Å². The van der Waals surface area contributed by atoms with E-state index in [-0.39, 0.29) is 17.0 Å². The Hall–Kier alpha value is -2.20. The predicted molar refractivity (Wildman–Crippen MR) is 74.4 cm³/mol. The van der Waals surface area contributed by atoms with Crippen LogP contribution in [0.5, 0.6) is 0 Å². The number of primary sulfonamides is 1. The molecule has 0 fully saturated rings. The third-order valence-electron chi connectivity index (χ3n) is 2.63. The topological polar surface area (TPSA) is 153 Å². The van der Waals surface area contributed by atoms with Crippen LogP contribution >= 0.6 is 0 Å². The number of sulfonamides is 1. The number of unbranched alkanes of at least 4 members (excludes halogenated alkanes) is 1. The van der Waals surface area contributed by atoms with Crippen LogP contribution in [0.15, 0.2) is 23.1 Å². The number of nitro benzene ring substituents is 1. The van der Waals surface area contributed by atoms with Crippen molar-refractivity contribution >= 4 is 27.4 Å². The van der Waals surface area contributed by atoms with E-state index >= 15 is 0 Å². The van der Waals surface area contributed by atoms with E-state index in [1.165, 1.54) is 12.1 Å². The van der Waals surface area contributed by atoms with E-state index in [0.29, 0.717) is 19.4 Å². The Morgan fingerprint density at radius 3 is 2.57 bits per heavy atom. The number of rotatable bonds is 8. The largest absolute Gasteiger partial charge is 0.481 e. The highest BCUT2D eigenvalue weighted by molar-refractivity contribution is 7.89. The van der Waals surface area contributed by atoms with Crippen molar-refractivity contribution in [1.82, 2.24) is 0 Å². The zero-order valence-electron chi connectivity index (χ0n) is 11.0. The Kier molecular flexibility index (Phi) is 5.61. The number of nitrogens with zero attached hydrogens (tertiary/aromatic N) is 1. The molecule has 0 aromatic heterocycles. The lowest BCUT2D eigenvalue weighted by Gasteiger charge is -2.07. The molecule has 0 saturated heterocycles. The number of carbonyl (C=O) groups is 1. The zero-order chi connectivity index (χ0) is 16.0. The van der Waals surface area contributed by atoms with E-state index in [9.17, 15) is 23.3 Å². The van der Waals surface area contributed by atoms with Gasteiger partial charge in [-0.25, -0.2) is 13.6 Å². The van der Waals surface area contributed by atoms with Gasteiger partial charge in [0.25, 0.3) is 5.69 Å². The lowest BCUT2D eigenvalue weighted by molar-refractivity contribution is -0.384. The van der Waals surface area contributed by atoms with Gasteiger partial charge in [0.15, 0.2) is 0 Å². The van der Waals surface area contributed by atoms with Gasteiger partial charge in [0, 0.05) is 19.0 Å². The second kappa shape index (κ2) is 6.99. The fourth-order valence-electron chi connectivity index (χ4n) is 1.61. The summed E-state index contributed by atoms with van der Waals surface area (Å²) in [6.45, 7) is 0.336. The smallest absolute Gasteiger partial charge is 0.303 e. The van der Waals surface area contributed by atoms with Crippen molar-refractivity contribution in [3.63, 3.8) is 0 Å². The van der Waals surface area contributed by atoms with E-state index in [2.05, 4.69) is 5.32 Å². The Balaban J connectivity index is 2.78. The maximum atomic E-state index is 11.2. The molecule has 0 spiro atoms. The SMILES string of the molecule is NS(=O)(=O)c1ccc(NCCCCC(=O)O)c([N+](=O)[O-])c1. The van der Waals surface area contributed by atoms with Crippen LogP contribution in [-0.4, -0.2) is 31.0 Å². The number of benzene rings is 1. The lowest BCUT2D eigenvalue weighted by Crippen LogP contribution is -2.13. The number of hydrogen-bond donors (Lipinski definition) is 3. The van der Waals surface area contributed by atoms with Crippen LogP contribution in [0.4, 0.5) is 11.4 Å². The Morgan fingerprint density at radius 2 is 2.05 bits per heavy atom. The van der Waals surface area contributed by atoms with Crippen molar-refractivity contribution in [1.29, 1.82) is 0 Å². The van der Waals surface area contributed by atoms with Gasteiger partial charge in [-0.15, -0.1) is 0 Å². The van der Waals surface area contributed by atoms with E-state index < -0.39 is 26.6 Å². The van der Waals surface area contributed by atoms with Gasteiger partial charge in [-0.3, -0.25) is 14.9 Å². The quantitative estimate of drug-likeness (QED) is 0.366. The Labute approximate surface area is 121 Å². The second-order valence-corrected chi connectivity index (χ2v) is 5.82. The number of anilines is 1. The highest BCUT2D eigenvalue weighted by atomic mass is 32.2. The van der Waals surface area contributed by atoms with Gasteiger partial charge >= 0.3 is 5.97 Å². The summed E-state index contributed by atoms with van der Waals surface area (Å²) in [7, 11) is -4.01. The molecule has 0 heterocycles. The summed E-state index contributed by atoms with van der Waals surface area (Å²) in [6, 6.07) is 3.31. The number of hydrogen-bond acceptors (Lipinski definition) is 6. The molecule has 0 aliphatic heterocycles. The third-order valence-corrected chi connectivity index (χ3v) is 3.54. The molecule has 0 unspecified atom stereocenters. The first kappa shape index (κ1) is 16.9. The molecule has 21 heavy (non-hydrogen) atoms. The van der Waals surface area contributed by atoms with Gasteiger partial charge in [0.2, 0.25) is 10.0 Å². The van der Waals surface area contributed by atoms with Crippen LogP contribution in [0, 0.1) is 10.1 Å². The summed E-state index contributed by atoms with van der Waals surface area (Å²) in [5, 5.41) is 27.1. The standard InChI is InChI=1S/C11H15N3O6S/c12-21(19,20)8-4-5-9(10(7-8)14(17)18)13-6-2-1-3-11(15)16/h4-5,7,13H,1-3,6H2,(H,15,16)(H2,12,19,20). The summed E-state index contributed by atoms with van der Waals surface area (Å²) >= 11 is 0. The molecule has 0 saturated carbocycles. The van der Waals surface area contributed by atoms with Crippen molar-refractivity contribution in [3.8, 4) is 0 Å². The molecule has 1 rings (SSSR count). The summed E-state index contributed by atoms with van der Waals surface area (Å²) < 4.78 is 22.3. The fourth-order valence-corrected chi connectivity index (χ4v) is 2.15. The van der Waals surface area contributed by atoms with Crippen LogP contribution in [-0.2, 0) is 14.8 Å². The van der Waals surface area contributed by atoms with E-state index in [0.717, 1.165) is 6.07 Å². The van der Waals surface area contributed by atoms with Gasteiger partial charge in [-0.1, -0.05) is 0 Å². The van der Waals surface area contributed by atoms with Crippen molar-refractivity contribution in [2.45, 2.75) is 24.2 Å². The first-order chi connectivity index (χ1) is 9.71. The maximum Gasteiger partial charge on any atom is 0.303 e. The molecule has 0 amide bonds. The first-order valence-electron chi connectivity index (χ1n) is 5.98. The first-order valence-corrected chi connectivity index (χ1v) is 7.53. The van der Waals surface area contributed by atoms with Crippen molar-refractivity contribution in [2.75, 3.05) is 11.9 Å². The number of aliphatic carboxylic acids is 1.